The summed E-state index contributed by atoms with van der Waals surface area (Å²) in [6, 6.07) is 0.165. The zero-order valence-corrected chi connectivity index (χ0v) is 8.25. The minimum absolute atomic E-state index is 0.156. The predicted molar refractivity (Wildman–Crippen MR) is 51.3 cm³/mol. The van der Waals surface area contributed by atoms with Crippen molar-refractivity contribution in [3.63, 3.8) is 0 Å². The Kier molecular flexibility index (Phi) is 4.22. The molecule has 13 heavy (non-hydrogen) atoms. The molecule has 0 saturated heterocycles. The molecule has 1 atom stereocenters. The highest BCUT2D eigenvalue weighted by molar-refractivity contribution is 5.79. The zero-order valence-electron chi connectivity index (χ0n) is 8.25. The standard InChI is InChI=1S/C10H19NO2/c1-2-9(6-7-12)11-10(13)8-4-3-5-8/h8-9,12H,2-7H2,1H3,(H,11,13). The van der Waals surface area contributed by atoms with E-state index in [-0.39, 0.29) is 24.5 Å². The van der Waals surface area contributed by atoms with Crippen molar-refractivity contribution in [1.82, 2.24) is 5.32 Å². The third-order valence-electron chi connectivity index (χ3n) is 2.79. The quantitative estimate of drug-likeness (QED) is 0.673. The van der Waals surface area contributed by atoms with Gasteiger partial charge >= 0.3 is 0 Å². The van der Waals surface area contributed by atoms with E-state index in [2.05, 4.69) is 5.32 Å². The zero-order chi connectivity index (χ0) is 9.68. The molecule has 1 amide bonds. The minimum atomic E-state index is 0.156. The van der Waals surface area contributed by atoms with Gasteiger partial charge in [0, 0.05) is 18.6 Å². The van der Waals surface area contributed by atoms with Gasteiger partial charge in [-0.2, -0.15) is 0 Å². The molecule has 1 unspecified atom stereocenters. The van der Waals surface area contributed by atoms with E-state index in [4.69, 9.17) is 5.11 Å². The van der Waals surface area contributed by atoms with Crippen molar-refractivity contribution in [3.8, 4) is 0 Å². The van der Waals surface area contributed by atoms with Gasteiger partial charge in [0.15, 0.2) is 0 Å². The summed E-state index contributed by atoms with van der Waals surface area (Å²) in [5, 5.41) is 11.7. The van der Waals surface area contributed by atoms with Gasteiger partial charge in [-0.1, -0.05) is 13.3 Å². The average molecular weight is 185 g/mol. The number of carbonyl (C=O) groups is 1. The number of amides is 1. The van der Waals surface area contributed by atoms with E-state index in [1.54, 1.807) is 0 Å². The molecule has 0 spiro atoms. The first-order chi connectivity index (χ1) is 6.27. The predicted octanol–water partition coefficient (Wildman–Crippen LogP) is 1.06. The Bertz CT molecular complexity index is 166. The molecule has 0 heterocycles. The van der Waals surface area contributed by atoms with Gasteiger partial charge in [-0.25, -0.2) is 0 Å². The van der Waals surface area contributed by atoms with Crippen molar-refractivity contribution in [2.45, 2.75) is 45.1 Å². The molecule has 0 aromatic rings. The molecule has 0 aromatic carbocycles. The maximum Gasteiger partial charge on any atom is 0.223 e. The molecular formula is C10H19NO2. The van der Waals surface area contributed by atoms with Crippen LogP contribution in [0.4, 0.5) is 0 Å². The fourth-order valence-electron chi connectivity index (χ4n) is 1.52. The molecule has 2 N–H and O–H groups in total. The van der Waals surface area contributed by atoms with Crippen LogP contribution in [-0.2, 0) is 4.79 Å². The summed E-state index contributed by atoms with van der Waals surface area (Å²) in [5.74, 6) is 0.444. The number of aliphatic hydroxyl groups is 1. The lowest BCUT2D eigenvalue weighted by Gasteiger charge is -2.26. The minimum Gasteiger partial charge on any atom is -0.396 e. The maximum absolute atomic E-state index is 11.5. The second kappa shape index (κ2) is 5.22. The van der Waals surface area contributed by atoms with Crippen LogP contribution in [0.1, 0.15) is 39.0 Å². The van der Waals surface area contributed by atoms with Crippen LogP contribution in [0.3, 0.4) is 0 Å². The van der Waals surface area contributed by atoms with E-state index >= 15 is 0 Å². The lowest BCUT2D eigenvalue weighted by atomic mass is 9.84. The number of hydrogen-bond donors (Lipinski definition) is 2. The Morgan fingerprint density at radius 1 is 1.62 bits per heavy atom. The summed E-state index contributed by atoms with van der Waals surface area (Å²) in [7, 11) is 0. The molecular weight excluding hydrogens is 166 g/mol. The van der Waals surface area contributed by atoms with Crippen molar-refractivity contribution in [2.24, 2.45) is 5.92 Å². The van der Waals surface area contributed by atoms with E-state index < -0.39 is 0 Å². The molecule has 1 aliphatic carbocycles. The molecule has 1 aliphatic rings. The first-order valence-electron chi connectivity index (χ1n) is 5.19. The molecule has 0 aromatic heterocycles. The van der Waals surface area contributed by atoms with Crippen molar-refractivity contribution in [3.05, 3.63) is 0 Å². The van der Waals surface area contributed by atoms with Crippen LogP contribution in [0, 0.1) is 5.92 Å². The normalized spacial score (nSPS) is 19.2. The van der Waals surface area contributed by atoms with E-state index in [1.807, 2.05) is 6.92 Å². The molecule has 3 nitrogen and oxygen atoms in total. The van der Waals surface area contributed by atoms with Crippen LogP contribution < -0.4 is 5.32 Å². The van der Waals surface area contributed by atoms with Gasteiger partial charge < -0.3 is 10.4 Å². The topological polar surface area (TPSA) is 49.3 Å². The molecule has 1 saturated carbocycles. The Morgan fingerprint density at radius 2 is 2.31 bits per heavy atom. The van der Waals surface area contributed by atoms with E-state index in [9.17, 15) is 4.79 Å². The molecule has 0 aliphatic heterocycles. The summed E-state index contributed by atoms with van der Waals surface area (Å²) in [6.07, 6.45) is 4.85. The van der Waals surface area contributed by atoms with Gasteiger partial charge in [0.05, 0.1) is 0 Å². The maximum atomic E-state index is 11.5. The van der Waals surface area contributed by atoms with Crippen LogP contribution in [0.5, 0.6) is 0 Å². The third-order valence-corrected chi connectivity index (χ3v) is 2.79. The first-order valence-corrected chi connectivity index (χ1v) is 5.19. The molecule has 76 valence electrons. The van der Waals surface area contributed by atoms with Crippen molar-refractivity contribution >= 4 is 5.91 Å². The van der Waals surface area contributed by atoms with Crippen molar-refractivity contribution in [1.29, 1.82) is 0 Å². The van der Waals surface area contributed by atoms with Gasteiger partial charge in [0.25, 0.3) is 0 Å². The third kappa shape index (κ3) is 2.99. The largest absolute Gasteiger partial charge is 0.396 e. The van der Waals surface area contributed by atoms with E-state index in [1.165, 1.54) is 6.42 Å². The summed E-state index contributed by atoms with van der Waals surface area (Å²) in [6.45, 7) is 2.19. The fraction of sp³-hybridized carbons (Fsp3) is 0.900. The van der Waals surface area contributed by atoms with Crippen LogP contribution in [0.2, 0.25) is 0 Å². The highest BCUT2D eigenvalue weighted by atomic mass is 16.3. The molecule has 1 fully saturated rings. The second-order valence-electron chi connectivity index (χ2n) is 3.75. The summed E-state index contributed by atoms with van der Waals surface area (Å²) in [4.78, 5) is 11.5. The number of rotatable bonds is 5. The van der Waals surface area contributed by atoms with Gasteiger partial charge in [-0.15, -0.1) is 0 Å². The van der Waals surface area contributed by atoms with Crippen LogP contribution in [0.25, 0.3) is 0 Å². The lowest BCUT2D eigenvalue weighted by molar-refractivity contribution is -0.128. The highest BCUT2D eigenvalue weighted by Crippen LogP contribution is 2.26. The van der Waals surface area contributed by atoms with Crippen LogP contribution >= 0.6 is 0 Å². The van der Waals surface area contributed by atoms with Crippen LogP contribution in [-0.4, -0.2) is 23.7 Å². The monoisotopic (exact) mass is 185 g/mol. The summed E-state index contributed by atoms with van der Waals surface area (Å²) >= 11 is 0. The number of hydrogen-bond acceptors (Lipinski definition) is 2. The average Bonchev–Trinajstić information content (AvgIpc) is 2.00. The fourth-order valence-corrected chi connectivity index (χ4v) is 1.52. The van der Waals surface area contributed by atoms with Crippen molar-refractivity contribution < 1.29 is 9.90 Å². The Morgan fingerprint density at radius 3 is 2.69 bits per heavy atom. The molecule has 3 heteroatoms. The molecule has 1 rings (SSSR count). The second-order valence-corrected chi connectivity index (χ2v) is 3.75. The van der Waals surface area contributed by atoms with Gasteiger partial charge in [0.2, 0.25) is 5.91 Å². The lowest BCUT2D eigenvalue weighted by Crippen LogP contribution is -2.41. The molecule has 0 bridgehead atoms. The Balaban J connectivity index is 2.23. The van der Waals surface area contributed by atoms with E-state index in [0.717, 1.165) is 19.3 Å². The summed E-state index contributed by atoms with van der Waals surface area (Å²) < 4.78 is 0. The highest BCUT2D eigenvalue weighted by Gasteiger charge is 2.26. The smallest absolute Gasteiger partial charge is 0.223 e. The number of aliphatic hydroxyl groups excluding tert-OH is 1. The van der Waals surface area contributed by atoms with Crippen LogP contribution in [0.15, 0.2) is 0 Å². The number of carbonyl (C=O) groups excluding carboxylic acids is 1. The van der Waals surface area contributed by atoms with Gasteiger partial charge in [-0.05, 0) is 25.7 Å². The van der Waals surface area contributed by atoms with E-state index in [0.29, 0.717) is 6.42 Å². The van der Waals surface area contributed by atoms with Gasteiger partial charge in [0.1, 0.15) is 0 Å². The molecule has 0 radical (unpaired) electrons. The number of nitrogens with one attached hydrogen (secondary N) is 1. The van der Waals surface area contributed by atoms with Gasteiger partial charge in [-0.3, -0.25) is 4.79 Å². The summed E-state index contributed by atoms with van der Waals surface area (Å²) in [5.41, 5.74) is 0. The first kappa shape index (κ1) is 10.5. The Hall–Kier alpha value is -0.570. The Labute approximate surface area is 79.5 Å². The van der Waals surface area contributed by atoms with Crippen molar-refractivity contribution in [2.75, 3.05) is 6.61 Å². The SMILES string of the molecule is CCC(CCO)NC(=O)C1CCC1.